The lowest BCUT2D eigenvalue weighted by Crippen LogP contribution is -2.63. The molecule has 8 nitrogen and oxygen atoms in total. The molecule has 2 saturated carbocycles. The largest absolute Gasteiger partial charge is 0.351 e. The second-order valence-corrected chi connectivity index (χ2v) is 9.68. The predicted octanol–water partition coefficient (Wildman–Crippen LogP) is 2.63. The number of carbonyl (C=O) groups excluding carboxylic acids is 3. The van der Waals surface area contributed by atoms with Gasteiger partial charge in [0.05, 0.1) is 6.54 Å². The first kappa shape index (κ1) is 21.8. The molecule has 8 heteroatoms. The maximum Gasteiger partial charge on any atom is 0.272 e. The summed E-state index contributed by atoms with van der Waals surface area (Å²) < 4.78 is 1.53. The van der Waals surface area contributed by atoms with Crippen molar-refractivity contribution < 1.29 is 14.4 Å². The molecule has 1 atom stereocenters. The number of hydrogen-bond acceptors (Lipinski definition) is 4. The molecule has 0 saturated heterocycles. The standard InChI is InChI=1S/C23H35N5O3/c1-23(22(31)25-17-12-6-3-4-7-13-17)15-28-19(21(30)27(23)2)14-18(26-28)20(29)24-16-10-8-5-9-11-16/h14,16-17H,3-13,15H2,1-2H3,(H,24,29)(H,25,31)/t23-/m1/s1. The molecule has 0 aromatic carbocycles. The Morgan fingerprint density at radius 1 is 0.968 bits per heavy atom. The molecule has 0 spiro atoms. The first-order chi connectivity index (χ1) is 14.9. The van der Waals surface area contributed by atoms with Crippen LogP contribution in [0.15, 0.2) is 6.07 Å². The van der Waals surface area contributed by atoms with Gasteiger partial charge >= 0.3 is 0 Å². The molecule has 3 amide bonds. The summed E-state index contributed by atoms with van der Waals surface area (Å²) in [5, 5.41) is 10.7. The van der Waals surface area contributed by atoms with Gasteiger partial charge in [-0.2, -0.15) is 5.10 Å². The second kappa shape index (κ2) is 9.01. The lowest BCUT2D eigenvalue weighted by Gasteiger charge is -2.41. The molecule has 2 aliphatic carbocycles. The first-order valence-electron chi connectivity index (χ1n) is 11.9. The Labute approximate surface area is 184 Å². The minimum Gasteiger partial charge on any atom is -0.351 e. The minimum atomic E-state index is -1.04. The first-order valence-corrected chi connectivity index (χ1v) is 11.9. The van der Waals surface area contributed by atoms with Crippen LogP contribution in [0.25, 0.3) is 0 Å². The third-order valence-corrected chi connectivity index (χ3v) is 7.35. The van der Waals surface area contributed by atoms with Crippen LogP contribution >= 0.6 is 0 Å². The van der Waals surface area contributed by atoms with Gasteiger partial charge in [-0.3, -0.25) is 19.1 Å². The summed E-state index contributed by atoms with van der Waals surface area (Å²) in [5.74, 6) is -0.674. The lowest BCUT2D eigenvalue weighted by molar-refractivity contribution is -0.133. The Bertz CT molecular complexity index is 836. The van der Waals surface area contributed by atoms with E-state index in [-0.39, 0.29) is 42.0 Å². The van der Waals surface area contributed by atoms with Crippen molar-refractivity contribution in [2.75, 3.05) is 7.05 Å². The average molecular weight is 430 g/mol. The summed E-state index contributed by atoms with van der Waals surface area (Å²) >= 11 is 0. The van der Waals surface area contributed by atoms with Gasteiger partial charge in [-0.05, 0) is 32.6 Å². The fourth-order valence-corrected chi connectivity index (χ4v) is 5.11. The van der Waals surface area contributed by atoms with Crippen molar-refractivity contribution in [2.24, 2.45) is 0 Å². The van der Waals surface area contributed by atoms with Crippen molar-refractivity contribution in [1.29, 1.82) is 0 Å². The van der Waals surface area contributed by atoms with Gasteiger partial charge in [-0.15, -0.1) is 0 Å². The van der Waals surface area contributed by atoms with Crippen molar-refractivity contribution in [3.8, 4) is 0 Å². The van der Waals surface area contributed by atoms with Crippen LogP contribution in [0, 0.1) is 0 Å². The van der Waals surface area contributed by atoms with E-state index in [1.54, 1.807) is 20.0 Å². The van der Waals surface area contributed by atoms with Gasteiger partial charge < -0.3 is 15.5 Å². The zero-order valence-electron chi connectivity index (χ0n) is 18.8. The molecule has 2 heterocycles. The zero-order chi connectivity index (χ0) is 22.0. The molecule has 1 aromatic rings. The fourth-order valence-electron chi connectivity index (χ4n) is 5.11. The number of amides is 3. The third kappa shape index (κ3) is 4.48. The van der Waals surface area contributed by atoms with Gasteiger partial charge in [-0.1, -0.05) is 44.9 Å². The summed E-state index contributed by atoms with van der Waals surface area (Å²) in [6.07, 6.45) is 12.1. The van der Waals surface area contributed by atoms with E-state index in [4.69, 9.17) is 0 Å². The van der Waals surface area contributed by atoms with Gasteiger partial charge in [0.25, 0.3) is 11.8 Å². The summed E-state index contributed by atoms with van der Waals surface area (Å²) in [6, 6.07) is 1.89. The molecule has 3 aliphatic rings. The van der Waals surface area contributed by atoms with E-state index >= 15 is 0 Å². The van der Waals surface area contributed by atoms with Gasteiger partial charge in [0, 0.05) is 25.2 Å². The van der Waals surface area contributed by atoms with Crippen molar-refractivity contribution in [3.05, 3.63) is 17.5 Å². The zero-order valence-corrected chi connectivity index (χ0v) is 18.8. The third-order valence-electron chi connectivity index (χ3n) is 7.35. The maximum absolute atomic E-state index is 13.2. The molecular formula is C23H35N5O3. The number of hydrogen-bond donors (Lipinski definition) is 2. The number of carbonyl (C=O) groups is 3. The highest BCUT2D eigenvalue weighted by molar-refractivity contribution is 6.01. The van der Waals surface area contributed by atoms with Crippen LogP contribution in [0.1, 0.15) is 98.5 Å². The molecule has 1 aliphatic heterocycles. The van der Waals surface area contributed by atoms with E-state index in [0.29, 0.717) is 5.69 Å². The quantitative estimate of drug-likeness (QED) is 0.719. The summed E-state index contributed by atoms with van der Waals surface area (Å²) in [6.45, 7) is 2.02. The normalized spacial score (nSPS) is 25.6. The molecule has 2 N–H and O–H groups in total. The fraction of sp³-hybridized carbons (Fsp3) is 0.739. The molecule has 0 unspecified atom stereocenters. The van der Waals surface area contributed by atoms with Gasteiger partial charge in [0.15, 0.2) is 5.69 Å². The highest BCUT2D eigenvalue weighted by Gasteiger charge is 2.46. The predicted molar refractivity (Wildman–Crippen MR) is 117 cm³/mol. The Kier molecular flexibility index (Phi) is 6.34. The van der Waals surface area contributed by atoms with Crippen LogP contribution in [0.3, 0.4) is 0 Å². The Hall–Kier alpha value is -2.38. The Balaban J connectivity index is 1.48. The van der Waals surface area contributed by atoms with Crippen LogP contribution < -0.4 is 10.6 Å². The van der Waals surface area contributed by atoms with E-state index < -0.39 is 5.54 Å². The van der Waals surface area contributed by atoms with Gasteiger partial charge in [0.2, 0.25) is 5.91 Å². The number of rotatable bonds is 4. The van der Waals surface area contributed by atoms with Crippen LogP contribution in [-0.2, 0) is 11.3 Å². The number of likely N-dealkylation sites (N-methyl/N-ethyl adjacent to an activating group) is 1. The van der Waals surface area contributed by atoms with Crippen LogP contribution in [0.2, 0.25) is 0 Å². The monoisotopic (exact) mass is 429 g/mol. The van der Waals surface area contributed by atoms with E-state index in [2.05, 4.69) is 15.7 Å². The molecule has 4 rings (SSSR count). The SMILES string of the molecule is CN1C(=O)c2cc(C(=O)NC3CCCCC3)nn2C[C@]1(C)C(=O)NC1CCCCCC1. The van der Waals surface area contributed by atoms with Crippen molar-refractivity contribution >= 4 is 17.7 Å². The highest BCUT2D eigenvalue weighted by Crippen LogP contribution is 2.27. The smallest absolute Gasteiger partial charge is 0.272 e. The summed E-state index contributed by atoms with van der Waals surface area (Å²) in [5.41, 5.74) is -0.439. The molecule has 1 aromatic heterocycles. The van der Waals surface area contributed by atoms with Crippen molar-refractivity contribution in [2.45, 2.75) is 102 Å². The summed E-state index contributed by atoms with van der Waals surface area (Å²) in [4.78, 5) is 40.5. The molecule has 170 valence electrons. The van der Waals surface area contributed by atoms with Gasteiger partial charge in [0.1, 0.15) is 11.2 Å². The number of fused-ring (bicyclic) bond motifs is 1. The topological polar surface area (TPSA) is 96.3 Å². The number of nitrogens with one attached hydrogen (secondary N) is 2. The molecule has 0 bridgehead atoms. The summed E-state index contributed by atoms with van der Waals surface area (Å²) in [7, 11) is 1.66. The lowest BCUT2D eigenvalue weighted by atomic mass is 9.94. The van der Waals surface area contributed by atoms with E-state index in [1.165, 1.54) is 28.8 Å². The van der Waals surface area contributed by atoms with E-state index in [1.807, 2.05) is 0 Å². The minimum absolute atomic E-state index is 0.149. The van der Waals surface area contributed by atoms with Crippen molar-refractivity contribution in [1.82, 2.24) is 25.3 Å². The Morgan fingerprint density at radius 2 is 1.52 bits per heavy atom. The van der Waals surface area contributed by atoms with Crippen LogP contribution in [-0.4, -0.2) is 57.1 Å². The maximum atomic E-state index is 13.2. The van der Waals surface area contributed by atoms with Crippen LogP contribution in [0.5, 0.6) is 0 Å². The van der Waals surface area contributed by atoms with Crippen LogP contribution in [0.4, 0.5) is 0 Å². The second-order valence-electron chi connectivity index (χ2n) is 9.68. The molecule has 2 fully saturated rings. The number of nitrogens with zero attached hydrogens (tertiary/aromatic N) is 3. The Morgan fingerprint density at radius 3 is 2.13 bits per heavy atom. The van der Waals surface area contributed by atoms with E-state index in [0.717, 1.165) is 51.4 Å². The van der Waals surface area contributed by atoms with Gasteiger partial charge in [-0.25, -0.2) is 0 Å². The number of aromatic nitrogens is 2. The molecule has 31 heavy (non-hydrogen) atoms. The molecule has 0 radical (unpaired) electrons. The highest BCUT2D eigenvalue weighted by atomic mass is 16.2. The molecular weight excluding hydrogens is 394 g/mol. The van der Waals surface area contributed by atoms with Crippen molar-refractivity contribution in [3.63, 3.8) is 0 Å². The average Bonchev–Trinajstić information content (AvgIpc) is 3.01. The van der Waals surface area contributed by atoms with E-state index in [9.17, 15) is 14.4 Å².